The maximum atomic E-state index is 11.9. The van der Waals surface area contributed by atoms with E-state index in [1.807, 2.05) is 20.9 Å². The maximum Gasteiger partial charge on any atom is 0.331 e. The molecule has 0 unspecified atom stereocenters. The molecule has 2 aliphatic heterocycles. The zero-order chi connectivity index (χ0) is 17.9. The van der Waals surface area contributed by atoms with Gasteiger partial charge in [0.2, 0.25) is 0 Å². The lowest BCUT2D eigenvalue weighted by Gasteiger charge is -2.36. The molecule has 2 saturated heterocycles. The first-order valence-corrected chi connectivity index (χ1v) is 8.36. The first-order valence-electron chi connectivity index (χ1n) is 8.36. The summed E-state index contributed by atoms with van der Waals surface area (Å²) in [5, 5.41) is 8.96. The van der Waals surface area contributed by atoms with Gasteiger partial charge in [-0.1, -0.05) is 5.57 Å². The quantitative estimate of drug-likeness (QED) is 0.606. The van der Waals surface area contributed by atoms with Crippen molar-refractivity contribution in [3.05, 3.63) is 23.3 Å². The average molecular weight is 337 g/mol. The van der Waals surface area contributed by atoms with E-state index in [4.69, 9.17) is 14.6 Å². The molecule has 0 spiro atoms. The van der Waals surface area contributed by atoms with E-state index in [-0.39, 0.29) is 36.9 Å². The maximum absolute atomic E-state index is 11.9. The predicted molar refractivity (Wildman–Crippen MR) is 89.2 cm³/mol. The Labute approximate surface area is 143 Å². The number of piperidine rings is 1. The van der Waals surface area contributed by atoms with Gasteiger partial charge in [0, 0.05) is 37.5 Å². The van der Waals surface area contributed by atoms with Crippen molar-refractivity contribution in [3.63, 3.8) is 0 Å². The van der Waals surface area contributed by atoms with Crippen molar-refractivity contribution in [2.45, 2.75) is 64.3 Å². The van der Waals surface area contributed by atoms with Gasteiger partial charge in [0.1, 0.15) is 12.2 Å². The van der Waals surface area contributed by atoms with Crippen molar-refractivity contribution in [2.24, 2.45) is 0 Å². The Hall–Kier alpha value is -1.66. The predicted octanol–water partition coefficient (Wildman–Crippen LogP) is 1.58. The van der Waals surface area contributed by atoms with Crippen molar-refractivity contribution in [1.82, 2.24) is 4.90 Å². The highest BCUT2D eigenvalue weighted by atomic mass is 16.6. The number of likely N-dealkylation sites (N-methyl/N-ethyl adjacent to an activating group) is 1. The number of rotatable bonds is 5. The van der Waals surface area contributed by atoms with Gasteiger partial charge in [-0.05, 0) is 33.4 Å². The summed E-state index contributed by atoms with van der Waals surface area (Å²) in [6.45, 7) is 5.24. The van der Waals surface area contributed by atoms with Gasteiger partial charge in [-0.3, -0.25) is 4.90 Å². The highest BCUT2D eigenvalue weighted by molar-refractivity contribution is 5.83. The number of fused-ring (bicyclic) bond motifs is 2. The molecule has 0 amide bonds. The van der Waals surface area contributed by atoms with Crippen molar-refractivity contribution in [1.29, 1.82) is 0 Å². The number of hydrogen-bond donors (Lipinski definition) is 1. The summed E-state index contributed by atoms with van der Waals surface area (Å²) in [4.78, 5) is 26.0. The van der Waals surface area contributed by atoms with Crippen LogP contribution < -0.4 is 0 Å². The molecular weight excluding hydrogens is 310 g/mol. The van der Waals surface area contributed by atoms with E-state index in [2.05, 4.69) is 4.90 Å². The molecule has 2 heterocycles. The number of ether oxygens (including phenoxy) is 2. The van der Waals surface area contributed by atoms with E-state index in [0.29, 0.717) is 12.0 Å². The van der Waals surface area contributed by atoms with Gasteiger partial charge in [0.05, 0.1) is 12.6 Å². The topological polar surface area (TPSA) is 76.1 Å². The molecule has 2 bridgehead atoms. The van der Waals surface area contributed by atoms with Crippen LogP contribution in [0.3, 0.4) is 0 Å². The lowest BCUT2D eigenvalue weighted by molar-refractivity contribution is -0.150. The zero-order valence-corrected chi connectivity index (χ0v) is 14.8. The highest BCUT2D eigenvalue weighted by Crippen LogP contribution is 2.37. The van der Waals surface area contributed by atoms with E-state index in [9.17, 15) is 9.59 Å². The molecule has 24 heavy (non-hydrogen) atoms. The summed E-state index contributed by atoms with van der Waals surface area (Å²) >= 11 is 0. The molecule has 4 atom stereocenters. The summed E-state index contributed by atoms with van der Waals surface area (Å²) in [5.41, 5.74) is 1.48. The van der Waals surface area contributed by atoms with Crippen LogP contribution in [-0.4, -0.2) is 59.9 Å². The SMILES string of the molecule is CC(C)=CC(=O)O[C@@H]1C[C@H]2C[C@@H](OC(=O)/C=C(\C)CO)C[C@@H]1N2C. The molecule has 0 radical (unpaired) electrons. The molecule has 0 aliphatic carbocycles. The van der Waals surface area contributed by atoms with E-state index in [1.54, 1.807) is 6.92 Å². The fraction of sp³-hybridized carbons (Fsp3) is 0.667. The Morgan fingerprint density at radius 2 is 1.75 bits per heavy atom. The average Bonchev–Trinajstić information content (AvgIpc) is 2.66. The molecular formula is C18H27NO5. The molecule has 2 fully saturated rings. The van der Waals surface area contributed by atoms with Crippen LogP contribution in [-0.2, 0) is 19.1 Å². The number of carbonyl (C=O) groups is 2. The molecule has 134 valence electrons. The fourth-order valence-electron chi connectivity index (χ4n) is 3.46. The van der Waals surface area contributed by atoms with Crippen molar-refractivity contribution in [2.75, 3.05) is 13.7 Å². The first kappa shape index (κ1) is 18.7. The molecule has 6 heteroatoms. The third-order valence-corrected chi connectivity index (χ3v) is 4.64. The summed E-state index contributed by atoms with van der Waals surface area (Å²) in [7, 11) is 2.03. The second-order valence-electron chi connectivity index (χ2n) is 7.00. The van der Waals surface area contributed by atoms with Gasteiger partial charge < -0.3 is 14.6 Å². The van der Waals surface area contributed by atoms with E-state index >= 15 is 0 Å². The van der Waals surface area contributed by atoms with E-state index < -0.39 is 5.97 Å². The minimum atomic E-state index is -0.423. The van der Waals surface area contributed by atoms with Crippen LogP contribution in [0.4, 0.5) is 0 Å². The van der Waals surface area contributed by atoms with Crippen LogP contribution in [0.15, 0.2) is 23.3 Å². The van der Waals surface area contributed by atoms with Gasteiger partial charge in [-0.15, -0.1) is 0 Å². The Bertz CT molecular complexity index is 550. The highest BCUT2D eigenvalue weighted by Gasteiger charge is 2.47. The van der Waals surface area contributed by atoms with E-state index in [0.717, 1.165) is 18.4 Å². The number of hydrogen-bond acceptors (Lipinski definition) is 6. The number of allylic oxidation sites excluding steroid dienone is 1. The van der Waals surface area contributed by atoms with Crippen molar-refractivity contribution in [3.8, 4) is 0 Å². The molecule has 0 saturated carbocycles. The Morgan fingerprint density at radius 3 is 2.38 bits per heavy atom. The van der Waals surface area contributed by atoms with Crippen molar-refractivity contribution < 1.29 is 24.2 Å². The molecule has 1 N–H and O–H groups in total. The van der Waals surface area contributed by atoms with Crippen LogP contribution in [0.1, 0.15) is 40.0 Å². The minimum absolute atomic E-state index is 0.0685. The minimum Gasteiger partial charge on any atom is -0.459 e. The monoisotopic (exact) mass is 337 g/mol. The normalized spacial score (nSPS) is 30.0. The largest absolute Gasteiger partial charge is 0.459 e. The Balaban J connectivity index is 1.96. The van der Waals surface area contributed by atoms with Crippen LogP contribution in [0.2, 0.25) is 0 Å². The molecule has 0 aromatic heterocycles. The molecule has 2 rings (SSSR count). The molecule has 6 nitrogen and oxygen atoms in total. The number of nitrogens with zero attached hydrogens (tertiary/aromatic N) is 1. The number of aliphatic hydroxyl groups is 1. The second kappa shape index (κ2) is 7.94. The number of aliphatic hydroxyl groups excluding tert-OH is 1. The van der Waals surface area contributed by atoms with Crippen LogP contribution in [0, 0.1) is 0 Å². The molecule has 0 aromatic rings. The molecule has 2 aliphatic rings. The standard InChI is InChI=1S/C18H27NO5/c1-11(2)5-17(21)24-16-8-13-7-14(9-15(16)19(13)4)23-18(22)6-12(3)10-20/h5-6,13-16,20H,7-10H2,1-4H3/b12-6+/t13-,14-,15+,16-/m1/s1. The van der Waals surface area contributed by atoms with Crippen LogP contribution >= 0.6 is 0 Å². The summed E-state index contributed by atoms with van der Waals surface area (Å²) in [5.74, 6) is -0.732. The summed E-state index contributed by atoms with van der Waals surface area (Å²) in [6, 6.07) is 0.313. The lowest BCUT2D eigenvalue weighted by atomic mass is 10.0. The van der Waals surface area contributed by atoms with Gasteiger partial charge >= 0.3 is 11.9 Å². The van der Waals surface area contributed by atoms with Crippen LogP contribution in [0.25, 0.3) is 0 Å². The van der Waals surface area contributed by atoms with E-state index in [1.165, 1.54) is 12.2 Å². The third kappa shape index (κ3) is 4.68. The smallest absolute Gasteiger partial charge is 0.331 e. The number of esters is 2. The van der Waals surface area contributed by atoms with Gasteiger partial charge in [-0.2, -0.15) is 0 Å². The lowest BCUT2D eigenvalue weighted by Crippen LogP contribution is -2.46. The Kier molecular flexibility index (Phi) is 6.18. The summed E-state index contributed by atoms with van der Waals surface area (Å²) < 4.78 is 11.1. The second-order valence-corrected chi connectivity index (χ2v) is 7.00. The first-order chi connectivity index (χ1) is 11.3. The van der Waals surface area contributed by atoms with Gasteiger partial charge in [0.25, 0.3) is 0 Å². The number of carbonyl (C=O) groups excluding carboxylic acids is 2. The Morgan fingerprint density at radius 1 is 1.08 bits per heavy atom. The molecule has 0 aromatic carbocycles. The zero-order valence-electron chi connectivity index (χ0n) is 14.8. The van der Waals surface area contributed by atoms with Crippen molar-refractivity contribution >= 4 is 11.9 Å². The van der Waals surface area contributed by atoms with Crippen LogP contribution in [0.5, 0.6) is 0 Å². The summed E-state index contributed by atoms with van der Waals surface area (Å²) in [6.07, 6.45) is 4.64. The fourth-order valence-corrected chi connectivity index (χ4v) is 3.46. The van der Waals surface area contributed by atoms with Gasteiger partial charge in [0.15, 0.2) is 0 Å². The van der Waals surface area contributed by atoms with Gasteiger partial charge in [-0.25, -0.2) is 9.59 Å². The third-order valence-electron chi connectivity index (χ3n) is 4.64.